The number of aliphatic hydroxyl groups excluding tert-OH is 1. The summed E-state index contributed by atoms with van der Waals surface area (Å²) in [6.45, 7) is 0. The van der Waals surface area contributed by atoms with Gasteiger partial charge < -0.3 is 9.67 Å². The number of benzene rings is 1. The van der Waals surface area contributed by atoms with Crippen LogP contribution in [-0.4, -0.2) is 9.67 Å². The number of nitrogens with zero attached hydrogens (tertiary/aromatic N) is 1. The number of aromatic nitrogens is 1. The minimum absolute atomic E-state index is 0.235. The lowest BCUT2D eigenvalue weighted by molar-refractivity contribution is 0.156. The molecule has 17 heavy (non-hydrogen) atoms. The van der Waals surface area contributed by atoms with Crippen LogP contribution in [-0.2, 0) is 6.42 Å². The highest BCUT2D eigenvalue weighted by molar-refractivity contribution is 5.40. The van der Waals surface area contributed by atoms with E-state index in [4.69, 9.17) is 0 Å². The Morgan fingerprint density at radius 3 is 3.00 bits per heavy atom. The molecule has 0 saturated carbocycles. The third kappa shape index (κ3) is 1.76. The largest absolute Gasteiger partial charge is 0.388 e. The first-order valence-corrected chi connectivity index (χ1v) is 5.90. The van der Waals surface area contributed by atoms with Gasteiger partial charge in [-0.05, 0) is 43.5 Å². The Bertz CT molecular complexity index is 547. The molecule has 0 saturated heterocycles. The molecule has 1 aliphatic rings. The molecule has 0 radical (unpaired) electrons. The predicted octanol–water partition coefficient (Wildman–Crippen LogP) is 2.99. The molecule has 0 amide bonds. The first-order valence-electron chi connectivity index (χ1n) is 5.90. The maximum Gasteiger partial charge on any atom is 0.125 e. The van der Waals surface area contributed by atoms with Crippen LogP contribution in [0.25, 0.3) is 5.69 Å². The summed E-state index contributed by atoms with van der Waals surface area (Å²) in [5, 5.41) is 9.89. The topological polar surface area (TPSA) is 25.2 Å². The highest BCUT2D eigenvalue weighted by atomic mass is 19.1. The zero-order chi connectivity index (χ0) is 11.8. The first kappa shape index (κ1) is 10.5. The Balaban J connectivity index is 2.10. The second kappa shape index (κ2) is 4.00. The van der Waals surface area contributed by atoms with Crippen LogP contribution in [0.15, 0.2) is 36.5 Å². The van der Waals surface area contributed by atoms with Gasteiger partial charge in [0.1, 0.15) is 5.82 Å². The van der Waals surface area contributed by atoms with Gasteiger partial charge >= 0.3 is 0 Å². The summed E-state index contributed by atoms with van der Waals surface area (Å²) in [4.78, 5) is 0. The Labute approximate surface area is 99.3 Å². The molecule has 2 aromatic rings. The van der Waals surface area contributed by atoms with Crippen LogP contribution in [0, 0.1) is 5.82 Å². The van der Waals surface area contributed by atoms with Crippen molar-refractivity contribution in [3.8, 4) is 5.69 Å². The first-order chi connectivity index (χ1) is 8.25. The molecule has 2 nitrogen and oxygen atoms in total. The van der Waals surface area contributed by atoms with E-state index in [0.717, 1.165) is 36.2 Å². The highest BCUT2D eigenvalue weighted by Crippen LogP contribution is 2.31. The Morgan fingerprint density at radius 2 is 2.18 bits per heavy atom. The van der Waals surface area contributed by atoms with E-state index in [1.165, 1.54) is 12.1 Å². The number of halogens is 1. The van der Waals surface area contributed by atoms with Gasteiger partial charge in [-0.3, -0.25) is 0 Å². The standard InChI is InChI=1S/C14H14FNO/c15-10-3-1-4-11(9-10)16-8-7-12-13(16)5-2-6-14(12)17/h1,3-4,7-9,14,17H,2,5-6H2. The van der Waals surface area contributed by atoms with Gasteiger partial charge in [0.05, 0.1) is 6.10 Å². The van der Waals surface area contributed by atoms with Gasteiger partial charge in [-0.1, -0.05) is 6.07 Å². The summed E-state index contributed by atoms with van der Waals surface area (Å²) in [5.41, 5.74) is 2.91. The predicted molar refractivity (Wildman–Crippen MR) is 63.6 cm³/mol. The van der Waals surface area contributed by atoms with Crippen molar-refractivity contribution in [1.29, 1.82) is 0 Å². The van der Waals surface area contributed by atoms with Crippen molar-refractivity contribution >= 4 is 0 Å². The van der Waals surface area contributed by atoms with E-state index < -0.39 is 0 Å². The van der Waals surface area contributed by atoms with E-state index in [2.05, 4.69) is 0 Å². The summed E-state index contributed by atoms with van der Waals surface area (Å²) in [6.07, 6.45) is 4.28. The summed E-state index contributed by atoms with van der Waals surface area (Å²) < 4.78 is 15.2. The number of hydrogen-bond acceptors (Lipinski definition) is 1. The lowest BCUT2D eigenvalue weighted by atomic mass is 9.95. The summed E-state index contributed by atoms with van der Waals surface area (Å²) in [7, 11) is 0. The summed E-state index contributed by atoms with van der Waals surface area (Å²) >= 11 is 0. The van der Waals surface area contributed by atoms with Gasteiger partial charge in [0.15, 0.2) is 0 Å². The van der Waals surface area contributed by atoms with E-state index in [1.807, 2.05) is 22.9 Å². The van der Waals surface area contributed by atoms with Crippen LogP contribution < -0.4 is 0 Å². The average Bonchev–Trinajstić information content (AvgIpc) is 2.74. The van der Waals surface area contributed by atoms with Gasteiger partial charge in [-0.15, -0.1) is 0 Å². The minimum atomic E-state index is -0.367. The van der Waals surface area contributed by atoms with Crippen LogP contribution in [0.2, 0.25) is 0 Å². The molecule has 1 unspecified atom stereocenters. The molecule has 0 spiro atoms. The van der Waals surface area contributed by atoms with E-state index in [0.29, 0.717) is 0 Å². The second-order valence-corrected chi connectivity index (χ2v) is 4.48. The molecule has 88 valence electrons. The molecule has 1 heterocycles. The average molecular weight is 231 g/mol. The monoisotopic (exact) mass is 231 g/mol. The van der Waals surface area contributed by atoms with Crippen LogP contribution in [0.5, 0.6) is 0 Å². The molecule has 0 bridgehead atoms. The lowest BCUT2D eigenvalue weighted by Crippen LogP contribution is -2.11. The molecular formula is C14H14FNO. The highest BCUT2D eigenvalue weighted by Gasteiger charge is 2.21. The molecule has 1 aromatic heterocycles. The van der Waals surface area contributed by atoms with Gasteiger partial charge in [-0.25, -0.2) is 4.39 Å². The molecule has 1 aliphatic carbocycles. The van der Waals surface area contributed by atoms with Crippen molar-refractivity contribution in [2.24, 2.45) is 0 Å². The molecular weight excluding hydrogens is 217 g/mol. The molecule has 0 aliphatic heterocycles. The van der Waals surface area contributed by atoms with Crippen LogP contribution in [0.1, 0.15) is 30.2 Å². The van der Waals surface area contributed by atoms with Crippen LogP contribution >= 0.6 is 0 Å². The fraction of sp³-hybridized carbons (Fsp3) is 0.286. The zero-order valence-electron chi connectivity index (χ0n) is 9.44. The molecule has 3 rings (SSSR count). The smallest absolute Gasteiger partial charge is 0.125 e. The van der Waals surface area contributed by atoms with Gasteiger partial charge in [0, 0.05) is 23.1 Å². The minimum Gasteiger partial charge on any atom is -0.388 e. The summed E-state index contributed by atoms with van der Waals surface area (Å²) in [5.74, 6) is -0.235. The SMILES string of the molecule is OC1CCCc2c1ccn2-c1cccc(F)c1. The Hall–Kier alpha value is -1.61. The summed E-state index contributed by atoms with van der Waals surface area (Å²) in [6, 6.07) is 8.47. The molecule has 1 N–H and O–H groups in total. The van der Waals surface area contributed by atoms with E-state index in [-0.39, 0.29) is 11.9 Å². The van der Waals surface area contributed by atoms with Crippen LogP contribution in [0.3, 0.4) is 0 Å². The Morgan fingerprint density at radius 1 is 1.29 bits per heavy atom. The zero-order valence-corrected chi connectivity index (χ0v) is 9.44. The second-order valence-electron chi connectivity index (χ2n) is 4.48. The van der Waals surface area contributed by atoms with Crippen molar-refractivity contribution in [1.82, 2.24) is 4.57 Å². The van der Waals surface area contributed by atoms with Crippen molar-refractivity contribution in [2.75, 3.05) is 0 Å². The number of aliphatic hydroxyl groups is 1. The van der Waals surface area contributed by atoms with Crippen molar-refractivity contribution in [2.45, 2.75) is 25.4 Å². The molecule has 3 heteroatoms. The normalized spacial score (nSPS) is 19.1. The fourth-order valence-corrected chi connectivity index (χ4v) is 2.53. The van der Waals surface area contributed by atoms with E-state index in [9.17, 15) is 9.50 Å². The van der Waals surface area contributed by atoms with Gasteiger partial charge in [0.25, 0.3) is 0 Å². The van der Waals surface area contributed by atoms with Crippen molar-refractivity contribution in [3.05, 3.63) is 53.6 Å². The third-order valence-electron chi connectivity index (χ3n) is 3.36. The number of rotatable bonds is 1. The number of hydrogen-bond donors (Lipinski definition) is 1. The quantitative estimate of drug-likeness (QED) is 0.802. The maximum atomic E-state index is 13.2. The number of fused-ring (bicyclic) bond motifs is 1. The molecule has 1 aromatic carbocycles. The van der Waals surface area contributed by atoms with E-state index >= 15 is 0 Å². The van der Waals surface area contributed by atoms with Gasteiger partial charge in [-0.2, -0.15) is 0 Å². The third-order valence-corrected chi connectivity index (χ3v) is 3.36. The lowest BCUT2D eigenvalue weighted by Gasteiger charge is -2.20. The van der Waals surface area contributed by atoms with Gasteiger partial charge in [0.2, 0.25) is 0 Å². The van der Waals surface area contributed by atoms with Crippen molar-refractivity contribution < 1.29 is 9.50 Å². The fourth-order valence-electron chi connectivity index (χ4n) is 2.53. The molecule has 1 atom stereocenters. The maximum absolute atomic E-state index is 13.2. The Kier molecular flexibility index (Phi) is 2.48. The van der Waals surface area contributed by atoms with Crippen LogP contribution in [0.4, 0.5) is 4.39 Å². The molecule has 0 fully saturated rings. The van der Waals surface area contributed by atoms with Crippen molar-refractivity contribution in [3.63, 3.8) is 0 Å². The van der Waals surface area contributed by atoms with E-state index in [1.54, 1.807) is 6.07 Å².